The summed E-state index contributed by atoms with van der Waals surface area (Å²) >= 11 is 7.45. The van der Waals surface area contributed by atoms with E-state index < -0.39 is 0 Å². The minimum Gasteiger partial charge on any atom is -0.373 e. The fraction of sp³-hybridized carbons (Fsp3) is 0.421. The molecule has 1 saturated heterocycles. The maximum atomic E-state index is 11.9. The van der Waals surface area contributed by atoms with Crippen molar-refractivity contribution in [3.05, 3.63) is 57.5 Å². The number of nitrogens with zero attached hydrogens (tertiary/aromatic N) is 4. The number of ether oxygens (including phenoxy) is 1. The van der Waals surface area contributed by atoms with E-state index in [2.05, 4.69) is 46.3 Å². The van der Waals surface area contributed by atoms with Crippen molar-refractivity contribution in [2.24, 2.45) is 0 Å². The highest BCUT2D eigenvalue weighted by molar-refractivity contribution is 7.20. The summed E-state index contributed by atoms with van der Waals surface area (Å²) in [5, 5.41) is 9.13. The molecule has 4 rings (SSSR count). The average molecular weight is 420 g/mol. The van der Waals surface area contributed by atoms with E-state index in [4.69, 9.17) is 16.3 Å². The van der Waals surface area contributed by atoms with Crippen molar-refractivity contribution < 1.29 is 4.74 Å². The fourth-order valence-electron chi connectivity index (χ4n) is 3.46. The molecule has 1 N–H and O–H groups in total. The molecule has 1 atom stereocenters. The molecular weight excluding hydrogens is 398 g/mol. The van der Waals surface area contributed by atoms with Crippen molar-refractivity contribution in [1.82, 2.24) is 19.5 Å². The van der Waals surface area contributed by atoms with Crippen LogP contribution in [-0.2, 0) is 4.74 Å². The number of fused-ring (bicyclic) bond motifs is 1. The molecule has 1 aliphatic heterocycles. The lowest BCUT2D eigenvalue weighted by atomic mass is 10.0. The highest BCUT2D eigenvalue weighted by Crippen LogP contribution is 2.28. The number of halogens is 1. The molecule has 3 heterocycles. The van der Waals surface area contributed by atoms with Crippen LogP contribution < -0.4 is 10.9 Å². The van der Waals surface area contributed by atoms with Gasteiger partial charge in [-0.2, -0.15) is 4.52 Å². The molecule has 2 aromatic heterocycles. The maximum Gasteiger partial charge on any atom is 0.275 e. The molecule has 0 amide bonds. The van der Waals surface area contributed by atoms with Crippen LogP contribution in [-0.4, -0.2) is 51.3 Å². The largest absolute Gasteiger partial charge is 0.373 e. The topological polar surface area (TPSA) is 71.8 Å². The third-order valence-electron chi connectivity index (χ3n) is 4.77. The summed E-state index contributed by atoms with van der Waals surface area (Å²) in [5.74, 6) is 0. The third-order valence-corrected chi connectivity index (χ3v) is 5.90. The van der Waals surface area contributed by atoms with Crippen molar-refractivity contribution in [3.63, 3.8) is 0 Å². The molecule has 9 heteroatoms. The number of anilines is 1. The van der Waals surface area contributed by atoms with E-state index in [9.17, 15) is 4.79 Å². The Morgan fingerprint density at radius 2 is 2.11 bits per heavy atom. The Kier molecular flexibility index (Phi) is 5.37. The molecule has 1 aliphatic rings. The normalized spacial score (nSPS) is 18.2. The van der Waals surface area contributed by atoms with Crippen LogP contribution in [0.3, 0.4) is 0 Å². The highest BCUT2D eigenvalue weighted by Gasteiger charge is 2.32. The molecule has 1 aromatic carbocycles. The number of hydrogen-bond acceptors (Lipinski definition) is 7. The standard InChI is InChI=1S/C19H22ClN5O2S/c1-19(2)12-24(9-10-27-19)15(13-3-5-14(20)6-4-13)11-22-17-23-25-16(26)7-8-21-18(25)28-17/h3-8,15H,9-12H2,1-2H3,(H,22,23). The Hall–Kier alpha value is -2.00. The first-order valence-electron chi connectivity index (χ1n) is 9.13. The number of benzene rings is 1. The van der Waals surface area contributed by atoms with Crippen LogP contribution in [0.2, 0.25) is 5.02 Å². The zero-order valence-electron chi connectivity index (χ0n) is 15.8. The van der Waals surface area contributed by atoms with Gasteiger partial charge in [-0.25, -0.2) is 4.98 Å². The molecule has 3 aromatic rings. The second-order valence-corrected chi connectivity index (χ2v) is 8.80. The number of nitrogens with one attached hydrogen (secondary N) is 1. The van der Waals surface area contributed by atoms with Crippen LogP contribution in [0, 0.1) is 0 Å². The quantitative estimate of drug-likeness (QED) is 0.685. The zero-order chi connectivity index (χ0) is 19.7. The van der Waals surface area contributed by atoms with Crippen LogP contribution in [0.4, 0.5) is 5.13 Å². The molecule has 28 heavy (non-hydrogen) atoms. The monoisotopic (exact) mass is 419 g/mol. The first-order valence-corrected chi connectivity index (χ1v) is 10.3. The summed E-state index contributed by atoms with van der Waals surface area (Å²) in [4.78, 5) is 19.1. The van der Waals surface area contributed by atoms with Gasteiger partial charge in [0.05, 0.1) is 18.2 Å². The number of hydrogen-bond donors (Lipinski definition) is 1. The summed E-state index contributed by atoms with van der Waals surface area (Å²) < 4.78 is 7.20. The Balaban J connectivity index is 1.58. The van der Waals surface area contributed by atoms with E-state index in [0.717, 1.165) is 18.1 Å². The lowest BCUT2D eigenvalue weighted by Crippen LogP contribution is -2.50. The van der Waals surface area contributed by atoms with E-state index in [1.165, 1.54) is 33.7 Å². The summed E-state index contributed by atoms with van der Waals surface area (Å²) in [7, 11) is 0. The second kappa shape index (κ2) is 7.79. The Labute approximate surface area is 171 Å². The van der Waals surface area contributed by atoms with Gasteiger partial charge in [0, 0.05) is 36.9 Å². The van der Waals surface area contributed by atoms with Gasteiger partial charge in [0.2, 0.25) is 10.1 Å². The smallest absolute Gasteiger partial charge is 0.275 e. The van der Waals surface area contributed by atoms with E-state index >= 15 is 0 Å². The highest BCUT2D eigenvalue weighted by atomic mass is 35.5. The van der Waals surface area contributed by atoms with Gasteiger partial charge in [0.15, 0.2) is 0 Å². The van der Waals surface area contributed by atoms with Gasteiger partial charge in [0.25, 0.3) is 5.56 Å². The van der Waals surface area contributed by atoms with Crippen molar-refractivity contribution in [1.29, 1.82) is 0 Å². The minimum absolute atomic E-state index is 0.122. The lowest BCUT2D eigenvalue weighted by Gasteiger charge is -2.42. The van der Waals surface area contributed by atoms with Crippen LogP contribution in [0.1, 0.15) is 25.5 Å². The fourth-order valence-corrected chi connectivity index (χ4v) is 4.37. The first-order chi connectivity index (χ1) is 13.4. The predicted molar refractivity (Wildman–Crippen MR) is 111 cm³/mol. The molecule has 1 fully saturated rings. The molecule has 0 spiro atoms. The number of aromatic nitrogens is 3. The van der Waals surface area contributed by atoms with Crippen LogP contribution in [0.5, 0.6) is 0 Å². The number of morpholine rings is 1. The molecule has 0 saturated carbocycles. The SMILES string of the molecule is CC1(C)CN(C(CNc2nn3c(=O)ccnc3s2)c2ccc(Cl)cc2)CCO1. The Morgan fingerprint density at radius 1 is 1.32 bits per heavy atom. The Bertz CT molecular complexity index is 1020. The molecule has 148 valence electrons. The van der Waals surface area contributed by atoms with Gasteiger partial charge in [-0.15, -0.1) is 5.10 Å². The lowest BCUT2D eigenvalue weighted by molar-refractivity contribution is -0.0963. The van der Waals surface area contributed by atoms with Gasteiger partial charge < -0.3 is 10.1 Å². The van der Waals surface area contributed by atoms with Gasteiger partial charge >= 0.3 is 0 Å². The predicted octanol–water partition coefficient (Wildman–Crippen LogP) is 3.07. The molecule has 1 unspecified atom stereocenters. The van der Waals surface area contributed by atoms with E-state index in [1.54, 1.807) is 0 Å². The van der Waals surface area contributed by atoms with Gasteiger partial charge in [-0.3, -0.25) is 9.69 Å². The van der Waals surface area contributed by atoms with E-state index in [0.29, 0.717) is 23.2 Å². The second-order valence-electron chi connectivity index (χ2n) is 7.41. The van der Waals surface area contributed by atoms with Crippen molar-refractivity contribution in [3.8, 4) is 0 Å². The summed E-state index contributed by atoms with van der Waals surface area (Å²) in [5.41, 5.74) is 0.792. The van der Waals surface area contributed by atoms with E-state index in [-0.39, 0.29) is 17.2 Å². The summed E-state index contributed by atoms with van der Waals surface area (Å²) in [6, 6.07) is 9.47. The van der Waals surface area contributed by atoms with E-state index in [1.807, 2.05) is 12.1 Å². The third kappa shape index (κ3) is 4.20. The van der Waals surface area contributed by atoms with Gasteiger partial charge in [-0.1, -0.05) is 35.1 Å². The zero-order valence-corrected chi connectivity index (χ0v) is 17.3. The van der Waals surface area contributed by atoms with Crippen molar-refractivity contribution >= 4 is 33.0 Å². The summed E-state index contributed by atoms with van der Waals surface area (Å²) in [6.07, 6.45) is 1.51. The van der Waals surface area contributed by atoms with Crippen molar-refractivity contribution in [2.45, 2.75) is 25.5 Å². The Morgan fingerprint density at radius 3 is 2.82 bits per heavy atom. The van der Waals surface area contributed by atoms with Crippen LogP contribution in [0.25, 0.3) is 4.96 Å². The molecule has 0 radical (unpaired) electrons. The molecule has 0 bridgehead atoms. The molecule has 0 aliphatic carbocycles. The van der Waals surface area contributed by atoms with Crippen LogP contribution in [0.15, 0.2) is 41.3 Å². The maximum absolute atomic E-state index is 11.9. The minimum atomic E-state index is -0.198. The van der Waals surface area contributed by atoms with Crippen LogP contribution >= 0.6 is 22.9 Å². The summed E-state index contributed by atoms with van der Waals surface area (Å²) in [6.45, 7) is 7.22. The molecule has 7 nitrogen and oxygen atoms in total. The van der Waals surface area contributed by atoms with Gasteiger partial charge in [0.1, 0.15) is 0 Å². The average Bonchev–Trinajstić information content (AvgIpc) is 3.07. The number of rotatable bonds is 5. The van der Waals surface area contributed by atoms with Crippen molar-refractivity contribution in [2.75, 3.05) is 31.6 Å². The first kappa shape index (κ1) is 19.3. The van der Waals surface area contributed by atoms with Gasteiger partial charge in [-0.05, 0) is 31.5 Å². The molecular formula is C19H22ClN5O2S.